The number of fused-ring (bicyclic) bond motifs is 1. The summed E-state index contributed by atoms with van der Waals surface area (Å²) in [6.07, 6.45) is 1.51. The molecule has 4 aromatic rings. The van der Waals surface area contributed by atoms with Crippen molar-refractivity contribution in [3.8, 4) is 11.7 Å². The number of ether oxygens (including phenoxy) is 1. The molecule has 0 saturated heterocycles. The minimum Gasteiger partial charge on any atom is -0.471 e. The smallest absolute Gasteiger partial charge is 0.353 e. The first-order valence-corrected chi connectivity index (χ1v) is 10.3. The highest BCUT2D eigenvalue weighted by Gasteiger charge is 2.29. The molecule has 0 unspecified atom stereocenters. The van der Waals surface area contributed by atoms with E-state index in [0.717, 1.165) is 5.69 Å². The maximum Gasteiger partial charge on any atom is 0.353 e. The molecule has 0 amide bonds. The molecule has 4 heterocycles. The molecule has 0 aliphatic heterocycles. The molecule has 0 saturated carbocycles. The normalized spacial score (nSPS) is 12.4. The quantitative estimate of drug-likeness (QED) is 0.224. The van der Waals surface area contributed by atoms with E-state index in [2.05, 4.69) is 25.3 Å². The highest BCUT2D eigenvalue weighted by atomic mass is 35.5. The number of hydrogen-bond donors (Lipinski definition) is 0. The Labute approximate surface area is 191 Å². The molecule has 0 fully saturated rings. The first kappa shape index (κ1) is 22.0. The lowest BCUT2D eigenvalue weighted by molar-refractivity contribution is -0.386. The number of halogens is 2. The van der Waals surface area contributed by atoms with Crippen molar-refractivity contribution in [3.05, 3.63) is 44.2 Å². The van der Waals surface area contributed by atoms with Gasteiger partial charge in [0.1, 0.15) is 5.69 Å². The number of aromatic nitrogens is 8. The number of aryl methyl sites for hydroxylation is 2. The Bertz CT molecular complexity index is 1330. The minimum atomic E-state index is -0.498. The van der Waals surface area contributed by atoms with E-state index in [1.807, 2.05) is 13.8 Å². The van der Waals surface area contributed by atoms with Crippen LogP contribution in [0.25, 0.3) is 16.9 Å². The van der Waals surface area contributed by atoms with E-state index in [-0.39, 0.29) is 34.5 Å². The molecule has 0 spiro atoms. The van der Waals surface area contributed by atoms with Gasteiger partial charge >= 0.3 is 11.6 Å². The Morgan fingerprint density at radius 3 is 2.66 bits per heavy atom. The highest BCUT2D eigenvalue weighted by Crippen LogP contribution is 2.32. The predicted octanol–water partition coefficient (Wildman–Crippen LogP) is 3.29. The van der Waals surface area contributed by atoms with Gasteiger partial charge in [0.05, 0.1) is 22.6 Å². The predicted molar refractivity (Wildman–Crippen MR) is 116 cm³/mol. The molecule has 32 heavy (non-hydrogen) atoms. The van der Waals surface area contributed by atoms with Gasteiger partial charge in [0.15, 0.2) is 16.6 Å². The summed E-state index contributed by atoms with van der Waals surface area (Å²) in [5.74, 6) is 0.430. The summed E-state index contributed by atoms with van der Waals surface area (Å²) in [7, 11) is 1.74. The van der Waals surface area contributed by atoms with Crippen molar-refractivity contribution in [1.82, 2.24) is 39.3 Å². The molecule has 4 aromatic heterocycles. The molecule has 1 atom stereocenters. The fourth-order valence-electron chi connectivity index (χ4n) is 3.39. The third-order valence-electron chi connectivity index (χ3n) is 4.83. The van der Waals surface area contributed by atoms with E-state index in [1.54, 1.807) is 29.4 Å². The van der Waals surface area contributed by atoms with Gasteiger partial charge in [-0.15, -0.1) is 5.10 Å². The standard InChI is InChI=1S/C18H19Cl2N9O3/c1-9(7-27-16-12(15(19)24-27)6-21-18(20)22-16)8-32-17-14(29(30)31)11(3)28(25-17)13-5-10(2)23-26(13)4/h5-6,9H,7-8H2,1-4H3/t9-/m0/s1. The molecule has 12 nitrogen and oxygen atoms in total. The summed E-state index contributed by atoms with van der Waals surface area (Å²) in [5, 5.41) is 25.5. The van der Waals surface area contributed by atoms with E-state index < -0.39 is 4.92 Å². The summed E-state index contributed by atoms with van der Waals surface area (Å²) >= 11 is 12.0. The van der Waals surface area contributed by atoms with Crippen molar-refractivity contribution < 1.29 is 9.66 Å². The highest BCUT2D eigenvalue weighted by molar-refractivity contribution is 6.34. The van der Waals surface area contributed by atoms with E-state index in [0.29, 0.717) is 29.1 Å². The molecular weight excluding hydrogens is 461 g/mol. The molecule has 0 aliphatic carbocycles. The molecule has 168 valence electrons. The van der Waals surface area contributed by atoms with E-state index >= 15 is 0 Å². The van der Waals surface area contributed by atoms with Gasteiger partial charge in [-0.2, -0.15) is 15.2 Å². The minimum absolute atomic E-state index is 0.0630. The monoisotopic (exact) mass is 479 g/mol. The van der Waals surface area contributed by atoms with Crippen LogP contribution in [0.1, 0.15) is 18.3 Å². The molecule has 0 aromatic carbocycles. The lowest BCUT2D eigenvalue weighted by Gasteiger charge is -2.12. The van der Waals surface area contributed by atoms with Gasteiger partial charge in [-0.05, 0) is 25.4 Å². The van der Waals surface area contributed by atoms with Gasteiger partial charge in [0, 0.05) is 31.8 Å². The van der Waals surface area contributed by atoms with E-state index in [1.165, 1.54) is 10.9 Å². The van der Waals surface area contributed by atoms with Crippen LogP contribution in [0.3, 0.4) is 0 Å². The van der Waals surface area contributed by atoms with Gasteiger partial charge in [0.2, 0.25) is 5.28 Å². The second-order valence-corrected chi connectivity index (χ2v) is 8.14. The van der Waals surface area contributed by atoms with Crippen LogP contribution in [-0.2, 0) is 13.6 Å². The molecule has 14 heteroatoms. The van der Waals surface area contributed by atoms with E-state index in [9.17, 15) is 10.1 Å². The van der Waals surface area contributed by atoms with Crippen LogP contribution in [0.2, 0.25) is 10.4 Å². The van der Waals surface area contributed by atoms with Crippen molar-refractivity contribution in [1.29, 1.82) is 0 Å². The lowest BCUT2D eigenvalue weighted by atomic mass is 10.2. The number of nitrogens with zero attached hydrogens (tertiary/aromatic N) is 9. The Hall–Kier alpha value is -3.25. The average Bonchev–Trinajstić information content (AvgIpc) is 3.33. The van der Waals surface area contributed by atoms with Gasteiger partial charge in [0.25, 0.3) is 0 Å². The molecule has 4 rings (SSSR count). The van der Waals surface area contributed by atoms with Crippen molar-refractivity contribution in [2.75, 3.05) is 6.61 Å². The Morgan fingerprint density at radius 2 is 2.00 bits per heavy atom. The SMILES string of the molecule is Cc1cc(-n2nc(OC[C@@H](C)Cn3nc(Cl)c4cnc(Cl)nc43)c([N+](=O)[O-])c2C)n(C)n1. The number of rotatable bonds is 7. The Morgan fingerprint density at radius 1 is 1.25 bits per heavy atom. The number of nitro groups is 1. The molecular formula is C18H19Cl2N9O3. The second kappa shape index (κ2) is 8.36. The van der Waals surface area contributed by atoms with Gasteiger partial charge < -0.3 is 4.74 Å². The van der Waals surface area contributed by atoms with Crippen molar-refractivity contribution in [3.63, 3.8) is 0 Å². The topological polar surface area (TPSA) is 132 Å². The second-order valence-electron chi connectivity index (χ2n) is 7.44. The fraction of sp³-hybridized carbons (Fsp3) is 0.389. The lowest BCUT2D eigenvalue weighted by Crippen LogP contribution is -2.17. The summed E-state index contributed by atoms with van der Waals surface area (Å²) in [6.45, 7) is 5.90. The fourth-order valence-corrected chi connectivity index (χ4v) is 3.75. The zero-order valence-electron chi connectivity index (χ0n) is 17.7. The first-order chi connectivity index (χ1) is 15.2. The Balaban J connectivity index is 1.56. The summed E-state index contributed by atoms with van der Waals surface area (Å²) in [4.78, 5) is 19.3. The number of hydrogen-bond acceptors (Lipinski definition) is 8. The largest absolute Gasteiger partial charge is 0.471 e. The van der Waals surface area contributed by atoms with E-state index in [4.69, 9.17) is 27.9 Å². The molecule has 0 radical (unpaired) electrons. The van der Waals surface area contributed by atoms with Gasteiger partial charge in [-0.1, -0.05) is 18.5 Å². The molecule has 0 aliphatic rings. The maximum atomic E-state index is 11.7. The molecule has 0 N–H and O–H groups in total. The summed E-state index contributed by atoms with van der Waals surface area (Å²) in [5.41, 5.74) is 1.42. The van der Waals surface area contributed by atoms with Gasteiger partial charge in [-0.3, -0.25) is 14.8 Å². The third kappa shape index (κ3) is 3.98. The van der Waals surface area contributed by atoms with Crippen molar-refractivity contribution >= 4 is 39.9 Å². The van der Waals surface area contributed by atoms with Crippen LogP contribution in [0.5, 0.6) is 5.88 Å². The van der Waals surface area contributed by atoms with Crippen LogP contribution < -0.4 is 4.74 Å². The zero-order valence-corrected chi connectivity index (χ0v) is 19.2. The van der Waals surface area contributed by atoms with Crippen LogP contribution in [0, 0.1) is 29.9 Å². The average molecular weight is 480 g/mol. The van der Waals surface area contributed by atoms with Crippen molar-refractivity contribution in [2.45, 2.75) is 27.3 Å². The molecule has 0 bridgehead atoms. The van der Waals surface area contributed by atoms with Gasteiger partial charge in [-0.25, -0.2) is 14.3 Å². The van der Waals surface area contributed by atoms with Crippen LogP contribution in [-0.4, -0.2) is 50.8 Å². The maximum absolute atomic E-state index is 11.7. The van der Waals surface area contributed by atoms with Crippen LogP contribution >= 0.6 is 23.2 Å². The Kier molecular flexibility index (Phi) is 5.73. The summed E-state index contributed by atoms with van der Waals surface area (Å²) in [6, 6.07) is 1.79. The first-order valence-electron chi connectivity index (χ1n) is 9.58. The van der Waals surface area contributed by atoms with Crippen LogP contribution in [0.4, 0.5) is 5.69 Å². The summed E-state index contributed by atoms with van der Waals surface area (Å²) < 4.78 is 10.4. The zero-order chi connectivity index (χ0) is 23.2. The van der Waals surface area contributed by atoms with Crippen LogP contribution in [0.15, 0.2) is 12.3 Å². The third-order valence-corrected chi connectivity index (χ3v) is 5.30. The van der Waals surface area contributed by atoms with Crippen molar-refractivity contribution in [2.24, 2.45) is 13.0 Å².